The predicted octanol–water partition coefficient (Wildman–Crippen LogP) is 3.74. The zero-order chi connectivity index (χ0) is 25.4. The highest BCUT2D eigenvalue weighted by Crippen LogP contribution is 2.32. The van der Waals surface area contributed by atoms with Crippen LogP contribution in [0.15, 0.2) is 60.7 Å². The zero-order valence-electron chi connectivity index (χ0n) is 20.3. The minimum atomic E-state index is -0.742. The maximum Gasteiger partial charge on any atom is 0.262 e. The lowest BCUT2D eigenvalue weighted by molar-refractivity contribution is -0.138. The van der Waals surface area contributed by atoms with Gasteiger partial charge in [0, 0.05) is 16.8 Å². The van der Waals surface area contributed by atoms with Crippen LogP contribution in [0.4, 0.5) is 0 Å². The van der Waals surface area contributed by atoms with Crippen molar-refractivity contribution in [2.75, 3.05) is 13.1 Å². The first-order chi connectivity index (χ1) is 17.3. The van der Waals surface area contributed by atoms with E-state index in [1.54, 1.807) is 34.1 Å². The number of likely N-dealkylation sites (tertiary alicyclic amines) is 2. The van der Waals surface area contributed by atoms with Crippen molar-refractivity contribution in [1.82, 2.24) is 15.1 Å². The summed E-state index contributed by atoms with van der Waals surface area (Å²) in [5.74, 6) is -0.704. The molecule has 0 unspecified atom stereocenters. The van der Waals surface area contributed by atoms with E-state index in [1.807, 2.05) is 50.2 Å². The maximum atomic E-state index is 13.7. The first kappa shape index (κ1) is 24.2. The fourth-order valence-electron chi connectivity index (χ4n) is 5.30. The normalized spacial score (nSPS) is 20.1. The van der Waals surface area contributed by atoms with Crippen molar-refractivity contribution in [3.8, 4) is 0 Å². The third-order valence-electron chi connectivity index (χ3n) is 6.95. The van der Waals surface area contributed by atoms with Gasteiger partial charge in [-0.2, -0.15) is 0 Å². The summed E-state index contributed by atoms with van der Waals surface area (Å²) in [6, 6.07) is 16.8. The van der Waals surface area contributed by atoms with Crippen LogP contribution in [0.5, 0.6) is 0 Å². The van der Waals surface area contributed by atoms with Gasteiger partial charge in [-0.3, -0.25) is 19.2 Å². The van der Waals surface area contributed by atoms with Crippen molar-refractivity contribution in [2.45, 2.75) is 44.8 Å². The molecule has 7 nitrogen and oxygen atoms in total. The first-order valence-electron chi connectivity index (χ1n) is 12.3. The lowest BCUT2D eigenvalue weighted by Gasteiger charge is -2.29. The van der Waals surface area contributed by atoms with E-state index in [9.17, 15) is 19.2 Å². The van der Waals surface area contributed by atoms with Crippen molar-refractivity contribution >= 4 is 44.9 Å². The SMILES string of the molecule is CC(C)C[C@H](NC(=O)c1cc2ccccc2s1)C(=O)N1CC[C@@H]2[C@H]1C(=O)CN2C(=O)c1ccccc1. The number of hydrogen-bond acceptors (Lipinski definition) is 5. The maximum absolute atomic E-state index is 13.7. The summed E-state index contributed by atoms with van der Waals surface area (Å²) in [5, 5.41) is 3.93. The van der Waals surface area contributed by atoms with Crippen LogP contribution in [0, 0.1) is 5.92 Å². The Morgan fingerprint density at radius 1 is 1.03 bits per heavy atom. The van der Waals surface area contributed by atoms with Gasteiger partial charge < -0.3 is 15.1 Å². The molecule has 8 heteroatoms. The molecule has 186 valence electrons. The molecule has 0 spiro atoms. The van der Waals surface area contributed by atoms with Gasteiger partial charge in [0.2, 0.25) is 5.91 Å². The van der Waals surface area contributed by atoms with Crippen molar-refractivity contribution in [3.63, 3.8) is 0 Å². The predicted molar refractivity (Wildman–Crippen MR) is 139 cm³/mol. The lowest BCUT2D eigenvalue weighted by atomic mass is 10.0. The number of nitrogens with zero attached hydrogens (tertiary/aromatic N) is 2. The number of hydrogen-bond donors (Lipinski definition) is 1. The van der Waals surface area contributed by atoms with Crippen LogP contribution in [0.25, 0.3) is 10.1 Å². The van der Waals surface area contributed by atoms with Crippen molar-refractivity contribution in [2.24, 2.45) is 5.92 Å². The summed E-state index contributed by atoms with van der Waals surface area (Å²) in [6.07, 6.45) is 1.00. The van der Waals surface area contributed by atoms with Crippen LogP contribution in [0.2, 0.25) is 0 Å². The number of carbonyl (C=O) groups excluding carboxylic acids is 4. The van der Waals surface area contributed by atoms with Crippen molar-refractivity contribution in [3.05, 3.63) is 71.1 Å². The summed E-state index contributed by atoms with van der Waals surface area (Å²) in [4.78, 5) is 56.7. The smallest absolute Gasteiger partial charge is 0.262 e. The number of thiophene rings is 1. The average molecular weight is 504 g/mol. The first-order valence-corrected chi connectivity index (χ1v) is 13.1. The van der Waals surface area contributed by atoms with E-state index in [1.165, 1.54) is 11.3 Å². The highest BCUT2D eigenvalue weighted by molar-refractivity contribution is 7.20. The van der Waals surface area contributed by atoms with Crippen molar-refractivity contribution in [1.29, 1.82) is 0 Å². The molecule has 2 aliphatic heterocycles. The molecular weight excluding hydrogens is 474 g/mol. The molecular formula is C28H29N3O4S. The molecule has 2 aromatic carbocycles. The van der Waals surface area contributed by atoms with E-state index in [0.29, 0.717) is 29.8 Å². The molecule has 0 aliphatic carbocycles. The summed E-state index contributed by atoms with van der Waals surface area (Å²) in [6.45, 7) is 4.38. The Hall–Kier alpha value is -3.52. The molecule has 0 saturated carbocycles. The number of ketones is 1. The summed E-state index contributed by atoms with van der Waals surface area (Å²) in [5.41, 5.74) is 0.531. The van der Waals surface area contributed by atoms with E-state index in [2.05, 4.69) is 5.32 Å². The van der Waals surface area contributed by atoms with Gasteiger partial charge in [-0.15, -0.1) is 11.3 Å². The van der Waals surface area contributed by atoms with Crippen LogP contribution in [-0.4, -0.2) is 64.5 Å². The van der Waals surface area contributed by atoms with Gasteiger partial charge in [0.1, 0.15) is 12.1 Å². The van der Waals surface area contributed by atoms with Gasteiger partial charge >= 0.3 is 0 Å². The molecule has 3 aromatic rings. The fourth-order valence-corrected chi connectivity index (χ4v) is 6.27. The quantitative estimate of drug-likeness (QED) is 0.555. The van der Waals surface area contributed by atoms with E-state index < -0.39 is 12.1 Å². The van der Waals surface area contributed by atoms with Crippen LogP contribution >= 0.6 is 11.3 Å². The van der Waals surface area contributed by atoms with Crippen LogP contribution < -0.4 is 5.32 Å². The molecule has 3 amide bonds. The summed E-state index contributed by atoms with van der Waals surface area (Å²) >= 11 is 1.39. The molecule has 1 N–H and O–H groups in total. The average Bonchev–Trinajstić information content (AvgIpc) is 3.58. The summed E-state index contributed by atoms with van der Waals surface area (Å²) < 4.78 is 1.01. The standard InChI is InChI=1S/C28H29N3O4S/c1-17(2)14-20(29-26(33)24-15-19-10-6-7-11-23(19)36-24)28(35)30-13-12-21-25(30)22(32)16-31(21)27(34)18-8-4-3-5-9-18/h3-11,15,17,20-21,25H,12-14,16H2,1-2H3,(H,29,33)/t20-,21+,25-/m0/s1. The fraction of sp³-hybridized carbons (Fsp3) is 0.357. The second kappa shape index (κ2) is 9.85. The molecule has 2 fully saturated rings. The van der Waals surface area contributed by atoms with Crippen LogP contribution in [0.1, 0.15) is 46.7 Å². The Morgan fingerprint density at radius 3 is 2.47 bits per heavy atom. The molecule has 2 aliphatic rings. The number of amides is 3. The molecule has 2 saturated heterocycles. The van der Waals surface area contributed by atoms with Gasteiger partial charge in [-0.05, 0) is 48.4 Å². The second-order valence-electron chi connectivity index (χ2n) is 9.90. The molecule has 3 heterocycles. The molecule has 1 aromatic heterocycles. The molecule has 3 atom stereocenters. The van der Waals surface area contributed by atoms with E-state index in [4.69, 9.17) is 0 Å². The Kier molecular flexibility index (Phi) is 6.62. The minimum absolute atomic E-state index is 0.00414. The monoisotopic (exact) mass is 503 g/mol. The number of benzene rings is 2. The van der Waals surface area contributed by atoms with Gasteiger partial charge in [0.15, 0.2) is 5.78 Å². The Morgan fingerprint density at radius 2 is 1.75 bits per heavy atom. The van der Waals surface area contributed by atoms with E-state index in [0.717, 1.165) is 10.1 Å². The molecule has 0 bridgehead atoms. The van der Waals surface area contributed by atoms with E-state index in [-0.39, 0.29) is 42.0 Å². The lowest BCUT2D eigenvalue weighted by Crippen LogP contribution is -2.52. The zero-order valence-corrected chi connectivity index (χ0v) is 21.2. The second-order valence-corrected chi connectivity index (χ2v) is 11.0. The topological polar surface area (TPSA) is 86.8 Å². The van der Waals surface area contributed by atoms with Crippen LogP contribution in [-0.2, 0) is 9.59 Å². The van der Waals surface area contributed by atoms with Gasteiger partial charge in [-0.1, -0.05) is 50.2 Å². The van der Waals surface area contributed by atoms with Crippen molar-refractivity contribution < 1.29 is 19.2 Å². The number of carbonyl (C=O) groups is 4. The number of nitrogens with one attached hydrogen (secondary N) is 1. The Balaban J connectivity index is 1.34. The highest BCUT2D eigenvalue weighted by Gasteiger charge is 2.52. The Labute approximate surface area is 214 Å². The molecule has 0 radical (unpaired) electrons. The Bertz CT molecular complexity index is 1290. The summed E-state index contributed by atoms with van der Waals surface area (Å²) in [7, 11) is 0. The van der Waals surface area contributed by atoms with Gasteiger partial charge in [0.05, 0.1) is 17.5 Å². The third kappa shape index (κ3) is 4.53. The molecule has 36 heavy (non-hydrogen) atoms. The minimum Gasteiger partial charge on any atom is -0.340 e. The van der Waals surface area contributed by atoms with Gasteiger partial charge in [0.25, 0.3) is 11.8 Å². The van der Waals surface area contributed by atoms with E-state index >= 15 is 0 Å². The number of Topliss-reactive ketones (excluding diaryl/α,β-unsaturated/α-hetero) is 1. The van der Waals surface area contributed by atoms with Crippen LogP contribution in [0.3, 0.4) is 0 Å². The number of fused-ring (bicyclic) bond motifs is 2. The largest absolute Gasteiger partial charge is 0.340 e. The highest BCUT2D eigenvalue weighted by atomic mass is 32.1. The molecule has 5 rings (SSSR count). The third-order valence-corrected chi connectivity index (χ3v) is 8.06. The number of rotatable bonds is 6. The van der Waals surface area contributed by atoms with Gasteiger partial charge in [-0.25, -0.2) is 0 Å².